The highest BCUT2D eigenvalue weighted by atomic mass is 16.2. The average Bonchev–Trinajstić information content (AvgIpc) is 2.88. The Balaban J connectivity index is 1.44. The number of benzene rings is 3. The van der Waals surface area contributed by atoms with Gasteiger partial charge in [0.15, 0.2) is 5.82 Å². The van der Waals surface area contributed by atoms with Crippen LogP contribution in [-0.2, 0) is 0 Å². The zero-order chi connectivity index (χ0) is 22.8. The first kappa shape index (κ1) is 20.7. The van der Waals surface area contributed by atoms with Gasteiger partial charge in [-0.3, -0.25) is 4.79 Å². The van der Waals surface area contributed by atoms with E-state index in [0.717, 1.165) is 33.4 Å². The van der Waals surface area contributed by atoms with E-state index in [1.165, 1.54) is 0 Å². The molecule has 0 bridgehead atoms. The minimum absolute atomic E-state index is 0.0465. The van der Waals surface area contributed by atoms with Crippen molar-refractivity contribution >= 4 is 22.5 Å². The van der Waals surface area contributed by atoms with Crippen molar-refractivity contribution in [3.05, 3.63) is 90.0 Å². The summed E-state index contributed by atoms with van der Waals surface area (Å²) in [6, 6.07) is 27.2. The van der Waals surface area contributed by atoms with Crippen LogP contribution in [0.15, 0.2) is 78.9 Å². The molecular weight excluding hydrogens is 410 g/mol. The molecule has 0 radical (unpaired) electrons. The number of carbonyl (C=O) groups is 1. The molecule has 0 N–H and O–H groups in total. The lowest BCUT2D eigenvalue weighted by molar-refractivity contribution is 0.0674. The summed E-state index contributed by atoms with van der Waals surface area (Å²) in [5.74, 6) is 0.900. The molecule has 1 amide bonds. The molecule has 0 aliphatic carbocycles. The molecule has 162 valence electrons. The molecule has 1 aromatic heterocycles. The van der Waals surface area contributed by atoms with Crippen LogP contribution in [0.25, 0.3) is 22.0 Å². The number of carbonyl (C=O) groups excluding carboxylic acids is 1. The average molecular weight is 434 g/mol. The van der Waals surface area contributed by atoms with E-state index in [0.29, 0.717) is 25.2 Å². The molecule has 1 saturated heterocycles. The molecular formula is C27H23N5O. The summed E-state index contributed by atoms with van der Waals surface area (Å²) >= 11 is 0. The predicted octanol–water partition coefficient (Wildman–Crippen LogP) is 4.52. The Hall–Kier alpha value is -4.24. The van der Waals surface area contributed by atoms with Crippen LogP contribution in [0, 0.1) is 11.3 Å². The number of amides is 1. The first-order chi connectivity index (χ1) is 16.2. The Morgan fingerprint density at radius 3 is 2.30 bits per heavy atom. The van der Waals surface area contributed by atoms with Crippen molar-refractivity contribution in [2.45, 2.75) is 13.0 Å². The summed E-state index contributed by atoms with van der Waals surface area (Å²) in [4.78, 5) is 17.1. The van der Waals surface area contributed by atoms with Crippen LogP contribution in [0.3, 0.4) is 0 Å². The highest BCUT2D eigenvalue weighted by Crippen LogP contribution is 2.32. The fraction of sp³-hybridized carbons (Fsp3) is 0.185. The number of hydrogen-bond acceptors (Lipinski definition) is 5. The van der Waals surface area contributed by atoms with Crippen molar-refractivity contribution < 1.29 is 4.79 Å². The minimum Gasteiger partial charge on any atom is -0.351 e. The molecule has 6 heteroatoms. The summed E-state index contributed by atoms with van der Waals surface area (Å²) in [5.41, 5.74) is 3.06. The smallest absolute Gasteiger partial charge is 0.254 e. The van der Waals surface area contributed by atoms with Crippen LogP contribution in [0.5, 0.6) is 0 Å². The standard InChI is InChI=1S/C27H23N5O/c1-19-18-31(15-16-32(19)27(33)22-7-3-2-4-8-22)26-24-10-6-5-9-23(24)25(29-30-26)21-13-11-20(17-28)12-14-21/h2-14,19H,15-16,18H2,1H3/t19-/m1/s1. The highest BCUT2D eigenvalue weighted by molar-refractivity contribution is 6.00. The highest BCUT2D eigenvalue weighted by Gasteiger charge is 2.29. The zero-order valence-corrected chi connectivity index (χ0v) is 18.3. The predicted molar refractivity (Wildman–Crippen MR) is 129 cm³/mol. The normalized spacial score (nSPS) is 15.9. The third-order valence-corrected chi connectivity index (χ3v) is 6.16. The number of aromatic nitrogens is 2. The van der Waals surface area contributed by atoms with Crippen LogP contribution in [0.1, 0.15) is 22.8 Å². The van der Waals surface area contributed by atoms with Gasteiger partial charge in [0.2, 0.25) is 0 Å². The summed E-state index contributed by atoms with van der Waals surface area (Å²) < 4.78 is 0. The molecule has 33 heavy (non-hydrogen) atoms. The van der Waals surface area contributed by atoms with Gasteiger partial charge in [0.25, 0.3) is 5.91 Å². The first-order valence-corrected chi connectivity index (χ1v) is 11.0. The van der Waals surface area contributed by atoms with Crippen molar-refractivity contribution in [1.82, 2.24) is 15.1 Å². The summed E-state index contributed by atoms with van der Waals surface area (Å²) in [6.45, 7) is 4.08. The number of hydrogen-bond donors (Lipinski definition) is 0. The Kier molecular flexibility index (Phi) is 5.45. The monoisotopic (exact) mass is 433 g/mol. The van der Waals surface area contributed by atoms with E-state index in [1.807, 2.05) is 59.5 Å². The molecule has 2 heterocycles. The third kappa shape index (κ3) is 3.90. The molecule has 0 saturated carbocycles. The fourth-order valence-corrected chi connectivity index (χ4v) is 4.44. The maximum atomic E-state index is 13.0. The van der Waals surface area contributed by atoms with Crippen molar-refractivity contribution in [2.75, 3.05) is 24.5 Å². The second kappa shape index (κ2) is 8.71. The van der Waals surface area contributed by atoms with Gasteiger partial charge >= 0.3 is 0 Å². The van der Waals surface area contributed by atoms with Gasteiger partial charge in [-0.2, -0.15) is 5.26 Å². The molecule has 1 atom stereocenters. The van der Waals surface area contributed by atoms with E-state index in [-0.39, 0.29) is 11.9 Å². The van der Waals surface area contributed by atoms with Crippen molar-refractivity contribution in [1.29, 1.82) is 5.26 Å². The second-order valence-corrected chi connectivity index (χ2v) is 8.27. The summed E-state index contributed by atoms with van der Waals surface area (Å²) in [7, 11) is 0. The Morgan fingerprint density at radius 2 is 1.61 bits per heavy atom. The number of nitrogens with zero attached hydrogens (tertiary/aromatic N) is 5. The Morgan fingerprint density at radius 1 is 0.909 bits per heavy atom. The zero-order valence-electron chi connectivity index (χ0n) is 18.3. The molecule has 0 unspecified atom stereocenters. The quantitative estimate of drug-likeness (QED) is 0.475. The Bertz CT molecular complexity index is 1340. The topological polar surface area (TPSA) is 73.1 Å². The number of nitriles is 1. The van der Waals surface area contributed by atoms with Gasteiger partial charge < -0.3 is 9.80 Å². The molecule has 4 aromatic rings. The number of rotatable bonds is 3. The number of fused-ring (bicyclic) bond motifs is 1. The molecule has 0 spiro atoms. The molecule has 1 aliphatic rings. The molecule has 1 aliphatic heterocycles. The SMILES string of the molecule is C[C@@H]1CN(c2nnc(-c3ccc(C#N)cc3)c3ccccc23)CCN1C(=O)c1ccccc1. The van der Waals surface area contributed by atoms with Gasteiger partial charge in [0.1, 0.15) is 5.69 Å². The summed E-state index contributed by atoms with van der Waals surface area (Å²) in [5, 5.41) is 20.3. The molecule has 1 fully saturated rings. The van der Waals surface area contributed by atoms with Crippen molar-refractivity contribution in [3.8, 4) is 17.3 Å². The second-order valence-electron chi connectivity index (χ2n) is 8.27. The third-order valence-electron chi connectivity index (χ3n) is 6.16. The lowest BCUT2D eigenvalue weighted by atomic mass is 10.0. The lowest BCUT2D eigenvalue weighted by Crippen LogP contribution is -2.54. The maximum Gasteiger partial charge on any atom is 0.254 e. The van der Waals surface area contributed by atoms with E-state index in [1.54, 1.807) is 12.1 Å². The van der Waals surface area contributed by atoms with Gasteiger partial charge in [-0.25, -0.2) is 0 Å². The van der Waals surface area contributed by atoms with Gasteiger partial charge in [-0.1, -0.05) is 54.6 Å². The van der Waals surface area contributed by atoms with Gasteiger partial charge in [0, 0.05) is 47.6 Å². The largest absolute Gasteiger partial charge is 0.351 e. The molecule has 6 nitrogen and oxygen atoms in total. The van der Waals surface area contributed by atoms with E-state index < -0.39 is 0 Å². The Labute approximate surface area is 192 Å². The first-order valence-electron chi connectivity index (χ1n) is 11.0. The van der Waals surface area contributed by atoms with E-state index in [9.17, 15) is 4.79 Å². The van der Waals surface area contributed by atoms with Gasteiger partial charge in [-0.15, -0.1) is 10.2 Å². The fourth-order valence-electron chi connectivity index (χ4n) is 4.44. The van der Waals surface area contributed by atoms with Crippen LogP contribution >= 0.6 is 0 Å². The van der Waals surface area contributed by atoms with Gasteiger partial charge in [0.05, 0.1) is 11.6 Å². The maximum absolute atomic E-state index is 13.0. The summed E-state index contributed by atoms with van der Waals surface area (Å²) in [6.07, 6.45) is 0. The van der Waals surface area contributed by atoms with E-state index >= 15 is 0 Å². The number of piperazine rings is 1. The van der Waals surface area contributed by atoms with Crippen LogP contribution in [-0.4, -0.2) is 46.7 Å². The van der Waals surface area contributed by atoms with Crippen LogP contribution in [0.4, 0.5) is 5.82 Å². The minimum atomic E-state index is 0.0465. The van der Waals surface area contributed by atoms with Gasteiger partial charge in [-0.05, 0) is 31.2 Å². The van der Waals surface area contributed by atoms with Crippen molar-refractivity contribution in [2.24, 2.45) is 0 Å². The van der Waals surface area contributed by atoms with Crippen LogP contribution in [0.2, 0.25) is 0 Å². The van der Waals surface area contributed by atoms with E-state index in [2.05, 4.69) is 40.2 Å². The van der Waals surface area contributed by atoms with E-state index in [4.69, 9.17) is 5.26 Å². The van der Waals surface area contributed by atoms with Crippen molar-refractivity contribution in [3.63, 3.8) is 0 Å². The molecule has 3 aromatic carbocycles. The lowest BCUT2D eigenvalue weighted by Gasteiger charge is -2.40. The number of anilines is 1. The molecule has 5 rings (SSSR count). The van der Waals surface area contributed by atoms with Crippen LogP contribution < -0.4 is 4.90 Å².